The van der Waals surface area contributed by atoms with Crippen molar-refractivity contribution in [1.82, 2.24) is 9.80 Å². The molecule has 37 heavy (non-hydrogen) atoms. The van der Waals surface area contributed by atoms with Gasteiger partial charge in [-0.3, -0.25) is 19.4 Å². The van der Waals surface area contributed by atoms with E-state index in [-0.39, 0.29) is 36.3 Å². The third-order valence-corrected chi connectivity index (χ3v) is 6.90. The monoisotopic (exact) mass is 504 g/mol. The largest absolute Gasteiger partial charge is 0.461 e. The first-order valence-corrected chi connectivity index (χ1v) is 12.9. The number of fused-ring (bicyclic) bond motifs is 1. The molecule has 0 bridgehead atoms. The number of rotatable bonds is 7. The number of benzene rings is 1. The molecule has 0 unspecified atom stereocenters. The van der Waals surface area contributed by atoms with E-state index in [0.717, 1.165) is 61.2 Å². The van der Waals surface area contributed by atoms with Gasteiger partial charge in [-0.15, -0.1) is 0 Å². The van der Waals surface area contributed by atoms with Gasteiger partial charge in [-0.2, -0.15) is 0 Å². The number of ketones is 1. The number of hydrogen-bond donors (Lipinski definition) is 1. The molecule has 0 radical (unpaired) electrons. The normalized spacial score (nSPS) is 18.9. The lowest BCUT2D eigenvalue weighted by molar-refractivity contribution is -0.140. The van der Waals surface area contributed by atoms with Crippen molar-refractivity contribution in [2.45, 2.75) is 51.5 Å². The van der Waals surface area contributed by atoms with Gasteiger partial charge in [0.05, 0.1) is 19.2 Å². The second-order valence-corrected chi connectivity index (χ2v) is 9.75. The highest BCUT2D eigenvalue weighted by Gasteiger charge is 2.30. The Hall–Kier alpha value is -3.88. The highest BCUT2D eigenvalue weighted by Crippen LogP contribution is 2.24. The number of likely N-dealkylation sites (tertiary alicyclic amines) is 2. The number of Topliss-reactive ketones (excluding diaryl/α,β-unsaturated/α-hetero) is 1. The third kappa shape index (κ3) is 5.93. The van der Waals surface area contributed by atoms with Crippen LogP contribution in [0.5, 0.6) is 0 Å². The fourth-order valence-corrected chi connectivity index (χ4v) is 5.00. The van der Waals surface area contributed by atoms with E-state index < -0.39 is 6.04 Å². The molecule has 9 heteroatoms. The van der Waals surface area contributed by atoms with Crippen molar-refractivity contribution in [3.05, 3.63) is 54.2 Å². The number of aliphatic imine (C=N–C) groups is 1. The maximum atomic E-state index is 13.5. The van der Waals surface area contributed by atoms with Crippen LogP contribution in [0.3, 0.4) is 0 Å². The summed E-state index contributed by atoms with van der Waals surface area (Å²) >= 11 is 0. The Balaban J connectivity index is 1.38. The SMILES string of the molecule is Cc1cc2cc(NC(CC(=O)c3ccco3)=N[C@H]3CCCCN(CC(=O)N4CCCC4)C3=O)ccc2o1. The molecule has 2 fully saturated rings. The summed E-state index contributed by atoms with van der Waals surface area (Å²) in [5.41, 5.74) is 1.51. The van der Waals surface area contributed by atoms with Crippen LogP contribution >= 0.6 is 0 Å². The molecule has 1 atom stereocenters. The number of nitrogens with zero attached hydrogens (tertiary/aromatic N) is 3. The van der Waals surface area contributed by atoms with Gasteiger partial charge in [0.1, 0.15) is 23.2 Å². The Morgan fingerprint density at radius 2 is 1.89 bits per heavy atom. The van der Waals surface area contributed by atoms with Gasteiger partial charge in [0.25, 0.3) is 0 Å². The van der Waals surface area contributed by atoms with Crippen LogP contribution in [0, 0.1) is 6.92 Å². The van der Waals surface area contributed by atoms with E-state index in [0.29, 0.717) is 18.8 Å². The van der Waals surface area contributed by atoms with Gasteiger partial charge in [0.2, 0.25) is 17.6 Å². The summed E-state index contributed by atoms with van der Waals surface area (Å²) in [6, 6.07) is 10.2. The molecule has 1 aromatic carbocycles. The quantitative estimate of drug-likeness (QED) is 0.290. The van der Waals surface area contributed by atoms with Crippen molar-refractivity contribution < 1.29 is 23.2 Å². The zero-order valence-corrected chi connectivity index (χ0v) is 21.1. The van der Waals surface area contributed by atoms with E-state index >= 15 is 0 Å². The summed E-state index contributed by atoms with van der Waals surface area (Å²) in [6.45, 7) is 4.02. The Bertz CT molecular complexity index is 1300. The van der Waals surface area contributed by atoms with Crippen molar-refractivity contribution in [2.75, 3.05) is 31.5 Å². The fourth-order valence-electron chi connectivity index (χ4n) is 5.00. The van der Waals surface area contributed by atoms with Crippen molar-refractivity contribution in [1.29, 1.82) is 0 Å². The van der Waals surface area contributed by atoms with Gasteiger partial charge in [-0.25, -0.2) is 0 Å². The summed E-state index contributed by atoms with van der Waals surface area (Å²) in [6.07, 6.45) is 5.62. The predicted molar refractivity (Wildman–Crippen MR) is 140 cm³/mol. The minimum atomic E-state index is -0.666. The van der Waals surface area contributed by atoms with Gasteiger partial charge in [0.15, 0.2) is 5.76 Å². The van der Waals surface area contributed by atoms with Crippen LogP contribution in [0.15, 0.2) is 56.5 Å². The number of carbonyl (C=O) groups excluding carboxylic acids is 3. The lowest BCUT2D eigenvalue weighted by atomic mass is 10.1. The maximum Gasteiger partial charge on any atom is 0.247 e. The summed E-state index contributed by atoms with van der Waals surface area (Å²) in [4.78, 5) is 47.4. The van der Waals surface area contributed by atoms with Gasteiger partial charge in [-0.05, 0) is 75.4 Å². The van der Waals surface area contributed by atoms with Gasteiger partial charge in [0, 0.05) is 30.7 Å². The number of aryl methyl sites for hydroxylation is 1. The molecule has 0 spiro atoms. The molecule has 4 heterocycles. The molecular formula is C28H32N4O5. The van der Waals surface area contributed by atoms with Crippen molar-refractivity contribution >= 4 is 40.1 Å². The highest BCUT2D eigenvalue weighted by atomic mass is 16.3. The zero-order valence-electron chi connectivity index (χ0n) is 21.1. The lowest BCUT2D eigenvalue weighted by Gasteiger charge is -2.25. The van der Waals surface area contributed by atoms with Crippen LogP contribution in [0.25, 0.3) is 11.0 Å². The average Bonchev–Trinajstić information content (AvgIpc) is 3.64. The molecule has 194 valence electrons. The summed E-state index contributed by atoms with van der Waals surface area (Å²) < 4.78 is 11.0. The number of carbonyl (C=O) groups is 3. The van der Waals surface area contributed by atoms with Gasteiger partial charge in [-0.1, -0.05) is 0 Å². The van der Waals surface area contributed by atoms with Crippen LogP contribution < -0.4 is 5.32 Å². The molecule has 3 aromatic rings. The molecule has 2 aliphatic rings. The van der Waals surface area contributed by atoms with E-state index in [1.807, 2.05) is 36.1 Å². The smallest absolute Gasteiger partial charge is 0.247 e. The molecule has 1 N–H and O–H groups in total. The molecule has 5 rings (SSSR count). The van der Waals surface area contributed by atoms with Gasteiger partial charge >= 0.3 is 0 Å². The fraction of sp³-hybridized carbons (Fsp3) is 0.429. The standard InChI is InChI=1S/C28H32N4O5/c1-19-15-20-16-21(9-10-24(20)37-19)29-26(17-23(33)25-8-6-14-36-25)30-22-7-2-3-13-32(28(22)35)18-27(34)31-11-4-5-12-31/h6,8-10,14-16,22H,2-5,7,11-13,17-18H2,1H3,(H,29,30)/t22-/m0/s1. The second kappa shape index (κ2) is 11.0. The predicted octanol–water partition coefficient (Wildman–Crippen LogP) is 4.42. The first kappa shape index (κ1) is 24.8. The highest BCUT2D eigenvalue weighted by molar-refractivity contribution is 6.13. The molecule has 2 saturated heterocycles. The number of furan rings is 2. The van der Waals surface area contributed by atoms with Crippen LogP contribution in [-0.4, -0.2) is 65.5 Å². The molecule has 2 aromatic heterocycles. The maximum absolute atomic E-state index is 13.5. The number of amides is 2. The topological polar surface area (TPSA) is 108 Å². The lowest BCUT2D eigenvalue weighted by Crippen LogP contribution is -2.45. The average molecular weight is 505 g/mol. The number of anilines is 1. The zero-order chi connectivity index (χ0) is 25.8. The van der Waals surface area contributed by atoms with Crippen molar-refractivity contribution in [3.63, 3.8) is 0 Å². The van der Waals surface area contributed by atoms with E-state index in [1.165, 1.54) is 6.26 Å². The molecule has 2 amide bonds. The number of nitrogens with one attached hydrogen (secondary N) is 1. The minimum Gasteiger partial charge on any atom is -0.461 e. The van der Waals surface area contributed by atoms with Crippen LogP contribution in [0.4, 0.5) is 5.69 Å². The van der Waals surface area contributed by atoms with E-state index in [4.69, 9.17) is 13.8 Å². The first-order chi connectivity index (χ1) is 18.0. The van der Waals surface area contributed by atoms with E-state index in [2.05, 4.69) is 5.32 Å². The second-order valence-electron chi connectivity index (χ2n) is 9.75. The van der Waals surface area contributed by atoms with Crippen molar-refractivity contribution in [3.8, 4) is 0 Å². The van der Waals surface area contributed by atoms with Gasteiger partial charge < -0.3 is 24.0 Å². The molecule has 9 nitrogen and oxygen atoms in total. The summed E-state index contributed by atoms with van der Waals surface area (Å²) in [7, 11) is 0. The Kier molecular flexibility index (Phi) is 7.39. The van der Waals surface area contributed by atoms with E-state index in [1.54, 1.807) is 17.0 Å². The van der Waals surface area contributed by atoms with Crippen molar-refractivity contribution in [2.24, 2.45) is 4.99 Å². The molecule has 0 aliphatic carbocycles. The Morgan fingerprint density at radius 1 is 1.08 bits per heavy atom. The van der Waals surface area contributed by atoms with Crippen LogP contribution in [-0.2, 0) is 9.59 Å². The molecule has 0 saturated carbocycles. The molecular weight excluding hydrogens is 472 g/mol. The first-order valence-electron chi connectivity index (χ1n) is 12.9. The minimum absolute atomic E-state index is 0.00877. The van der Waals surface area contributed by atoms with E-state index in [9.17, 15) is 14.4 Å². The third-order valence-electron chi connectivity index (χ3n) is 6.90. The summed E-state index contributed by atoms with van der Waals surface area (Å²) in [5, 5.41) is 4.19. The Morgan fingerprint density at radius 3 is 2.68 bits per heavy atom. The summed E-state index contributed by atoms with van der Waals surface area (Å²) in [5.74, 6) is 1.01. The number of hydrogen-bond acceptors (Lipinski definition) is 6. The Labute approximate surface area is 215 Å². The number of amidine groups is 1. The van der Waals surface area contributed by atoms with Crippen LogP contribution in [0.1, 0.15) is 54.8 Å². The van der Waals surface area contributed by atoms with Crippen LogP contribution in [0.2, 0.25) is 0 Å². The molecule has 2 aliphatic heterocycles.